The molecule has 0 fully saturated rings. The fourth-order valence-corrected chi connectivity index (χ4v) is 5.20. The number of halogens is 1. The van der Waals surface area contributed by atoms with E-state index in [9.17, 15) is 22.4 Å². The zero-order chi connectivity index (χ0) is 30.9. The second-order valence-corrected chi connectivity index (χ2v) is 12.2. The number of ether oxygens (including phenoxy) is 2. The van der Waals surface area contributed by atoms with E-state index in [-0.39, 0.29) is 36.2 Å². The minimum atomic E-state index is -3.96. The van der Waals surface area contributed by atoms with Crippen molar-refractivity contribution in [3.05, 3.63) is 89.7 Å². The van der Waals surface area contributed by atoms with E-state index in [0.29, 0.717) is 17.9 Å². The van der Waals surface area contributed by atoms with Crippen molar-refractivity contribution in [1.29, 1.82) is 0 Å². The number of benzene rings is 3. The van der Waals surface area contributed by atoms with E-state index in [2.05, 4.69) is 5.32 Å². The number of carbonyl (C=O) groups excluding carboxylic acids is 2. The molecular weight excluding hydrogens is 561 g/mol. The summed E-state index contributed by atoms with van der Waals surface area (Å²) in [6.07, 6.45) is 1.19. The van der Waals surface area contributed by atoms with Crippen molar-refractivity contribution in [3.63, 3.8) is 0 Å². The normalized spacial score (nSPS) is 12.0. The summed E-state index contributed by atoms with van der Waals surface area (Å²) in [5, 5.41) is 2.92. The van der Waals surface area contributed by atoms with Crippen LogP contribution in [0.25, 0.3) is 0 Å². The zero-order valence-corrected chi connectivity index (χ0v) is 25.4. The summed E-state index contributed by atoms with van der Waals surface area (Å²) >= 11 is 0. The number of hydrogen-bond donors (Lipinski definition) is 1. The first-order valence-corrected chi connectivity index (χ1v) is 15.3. The standard InChI is InChI=1S/C31H38FN3O6S/c1-22(2)19-33-31(37)27(17-23-9-7-6-8-10-23)34(20-24-11-13-25(32)14-12-24)30(36)21-35(42(5,38)39)26-15-16-28(40-3)29(18-26)41-4/h6-16,18,22,27H,17,19-21H2,1-5H3,(H,33,37)/t27-/m0/s1. The fraction of sp³-hybridized carbons (Fsp3) is 0.355. The lowest BCUT2D eigenvalue weighted by molar-refractivity contribution is -0.140. The van der Waals surface area contributed by atoms with E-state index >= 15 is 0 Å². The van der Waals surface area contributed by atoms with E-state index in [0.717, 1.165) is 16.1 Å². The molecule has 226 valence electrons. The number of nitrogens with one attached hydrogen (secondary N) is 1. The van der Waals surface area contributed by atoms with Gasteiger partial charge in [0.2, 0.25) is 21.8 Å². The Labute approximate surface area is 247 Å². The van der Waals surface area contributed by atoms with Crippen LogP contribution in [0.2, 0.25) is 0 Å². The first kappa shape index (κ1) is 32.4. The molecule has 0 unspecified atom stereocenters. The molecule has 0 saturated carbocycles. The number of amides is 2. The van der Waals surface area contributed by atoms with Gasteiger partial charge in [0.05, 0.1) is 26.2 Å². The number of anilines is 1. The van der Waals surface area contributed by atoms with Gasteiger partial charge in [0, 0.05) is 25.6 Å². The first-order chi connectivity index (χ1) is 19.9. The second-order valence-electron chi connectivity index (χ2n) is 10.3. The average molecular weight is 600 g/mol. The lowest BCUT2D eigenvalue weighted by Crippen LogP contribution is -2.53. The predicted molar refractivity (Wildman–Crippen MR) is 160 cm³/mol. The van der Waals surface area contributed by atoms with Gasteiger partial charge in [-0.3, -0.25) is 13.9 Å². The van der Waals surface area contributed by atoms with E-state index in [1.54, 1.807) is 6.07 Å². The summed E-state index contributed by atoms with van der Waals surface area (Å²) in [5.74, 6) is -0.583. The Morgan fingerprint density at radius 1 is 0.905 bits per heavy atom. The van der Waals surface area contributed by atoms with Crippen molar-refractivity contribution in [1.82, 2.24) is 10.2 Å². The summed E-state index contributed by atoms with van der Waals surface area (Å²) in [4.78, 5) is 29.1. The molecule has 0 saturated heterocycles. The quantitative estimate of drug-likeness (QED) is 0.300. The number of nitrogens with zero attached hydrogens (tertiary/aromatic N) is 2. The van der Waals surface area contributed by atoms with Crippen LogP contribution >= 0.6 is 0 Å². The van der Waals surface area contributed by atoms with Crippen LogP contribution in [0.3, 0.4) is 0 Å². The molecule has 1 atom stereocenters. The molecule has 42 heavy (non-hydrogen) atoms. The first-order valence-electron chi connectivity index (χ1n) is 13.5. The van der Waals surface area contributed by atoms with Crippen LogP contribution in [0.1, 0.15) is 25.0 Å². The number of carbonyl (C=O) groups is 2. The second kappa shape index (κ2) is 14.7. The molecule has 0 spiro atoms. The molecule has 0 radical (unpaired) electrons. The Balaban J connectivity index is 2.06. The SMILES string of the molecule is COc1ccc(N(CC(=O)N(Cc2ccc(F)cc2)[C@@H](Cc2ccccc2)C(=O)NCC(C)C)S(C)(=O)=O)cc1OC. The Morgan fingerprint density at radius 2 is 1.55 bits per heavy atom. The third-order valence-corrected chi connectivity index (χ3v) is 7.70. The van der Waals surface area contributed by atoms with Crippen molar-refractivity contribution in [2.24, 2.45) is 5.92 Å². The molecule has 3 aromatic carbocycles. The lowest BCUT2D eigenvalue weighted by atomic mass is 10.0. The molecule has 11 heteroatoms. The van der Waals surface area contributed by atoms with Gasteiger partial charge in [-0.15, -0.1) is 0 Å². The molecular formula is C31H38FN3O6S. The van der Waals surface area contributed by atoms with Crippen LogP contribution in [-0.4, -0.2) is 64.7 Å². The minimum absolute atomic E-state index is 0.0464. The van der Waals surface area contributed by atoms with Crippen LogP contribution in [-0.2, 0) is 32.6 Å². The number of sulfonamides is 1. The molecule has 0 heterocycles. The highest BCUT2D eigenvalue weighted by atomic mass is 32.2. The van der Waals surface area contributed by atoms with Crippen molar-refractivity contribution < 1.29 is 31.9 Å². The highest BCUT2D eigenvalue weighted by Crippen LogP contribution is 2.32. The molecule has 0 aliphatic rings. The molecule has 2 amide bonds. The Kier molecular flexibility index (Phi) is 11.3. The third-order valence-electron chi connectivity index (χ3n) is 6.56. The van der Waals surface area contributed by atoms with Gasteiger partial charge in [-0.25, -0.2) is 12.8 Å². The maximum absolute atomic E-state index is 14.1. The van der Waals surface area contributed by atoms with Gasteiger partial charge in [-0.1, -0.05) is 56.3 Å². The van der Waals surface area contributed by atoms with Crippen LogP contribution in [0.15, 0.2) is 72.8 Å². The Bertz CT molecular complexity index is 1450. The Morgan fingerprint density at radius 3 is 2.12 bits per heavy atom. The summed E-state index contributed by atoms with van der Waals surface area (Å²) in [5.41, 5.74) is 1.59. The van der Waals surface area contributed by atoms with Gasteiger partial charge >= 0.3 is 0 Å². The summed E-state index contributed by atoms with van der Waals surface area (Å²) in [6.45, 7) is 3.68. The minimum Gasteiger partial charge on any atom is -0.493 e. The van der Waals surface area contributed by atoms with Gasteiger partial charge in [0.25, 0.3) is 0 Å². The van der Waals surface area contributed by atoms with Gasteiger partial charge in [0.1, 0.15) is 18.4 Å². The van der Waals surface area contributed by atoms with Crippen molar-refractivity contribution >= 4 is 27.5 Å². The summed E-state index contributed by atoms with van der Waals surface area (Å²) in [6, 6.07) is 18.4. The van der Waals surface area contributed by atoms with Crippen molar-refractivity contribution in [2.75, 3.05) is 37.9 Å². The monoisotopic (exact) mass is 599 g/mol. The van der Waals surface area contributed by atoms with Gasteiger partial charge in [0.15, 0.2) is 11.5 Å². The molecule has 0 aliphatic heterocycles. The number of rotatable bonds is 14. The van der Waals surface area contributed by atoms with Gasteiger partial charge in [-0.2, -0.15) is 0 Å². The largest absolute Gasteiger partial charge is 0.493 e. The van der Waals surface area contributed by atoms with Gasteiger partial charge in [-0.05, 0) is 41.3 Å². The van der Waals surface area contributed by atoms with E-state index in [1.807, 2.05) is 44.2 Å². The zero-order valence-electron chi connectivity index (χ0n) is 24.5. The van der Waals surface area contributed by atoms with Crippen LogP contribution in [0.5, 0.6) is 11.5 Å². The highest BCUT2D eigenvalue weighted by Gasteiger charge is 2.33. The molecule has 3 aromatic rings. The van der Waals surface area contributed by atoms with Crippen molar-refractivity contribution in [3.8, 4) is 11.5 Å². The Hall–Kier alpha value is -4.12. The molecule has 1 N–H and O–H groups in total. The molecule has 0 bridgehead atoms. The average Bonchev–Trinajstić information content (AvgIpc) is 2.96. The maximum Gasteiger partial charge on any atom is 0.244 e. The summed E-state index contributed by atoms with van der Waals surface area (Å²) < 4.78 is 51.2. The van der Waals surface area contributed by atoms with Gasteiger partial charge < -0.3 is 19.7 Å². The van der Waals surface area contributed by atoms with Crippen LogP contribution < -0.4 is 19.1 Å². The maximum atomic E-state index is 14.1. The fourth-order valence-electron chi connectivity index (χ4n) is 4.36. The van der Waals surface area contributed by atoms with Crippen LogP contribution in [0, 0.1) is 11.7 Å². The summed E-state index contributed by atoms with van der Waals surface area (Å²) in [7, 11) is -1.08. The van der Waals surface area contributed by atoms with E-state index in [1.165, 1.54) is 55.5 Å². The molecule has 9 nitrogen and oxygen atoms in total. The number of methoxy groups -OCH3 is 2. The lowest BCUT2D eigenvalue weighted by Gasteiger charge is -2.33. The topological polar surface area (TPSA) is 105 Å². The van der Waals surface area contributed by atoms with E-state index in [4.69, 9.17) is 9.47 Å². The number of hydrogen-bond acceptors (Lipinski definition) is 6. The smallest absolute Gasteiger partial charge is 0.244 e. The molecule has 0 aromatic heterocycles. The highest BCUT2D eigenvalue weighted by molar-refractivity contribution is 7.92. The van der Waals surface area contributed by atoms with Crippen molar-refractivity contribution in [2.45, 2.75) is 32.9 Å². The third kappa shape index (κ3) is 8.94. The molecule has 3 rings (SSSR count). The van der Waals surface area contributed by atoms with E-state index < -0.39 is 34.3 Å². The molecule has 0 aliphatic carbocycles. The van der Waals surface area contributed by atoms with Crippen LogP contribution in [0.4, 0.5) is 10.1 Å². The predicted octanol–water partition coefficient (Wildman–Crippen LogP) is 4.02.